The fourth-order valence-electron chi connectivity index (χ4n) is 3.09. The summed E-state index contributed by atoms with van der Waals surface area (Å²) in [6.45, 7) is 9.14. The van der Waals surface area contributed by atoms with Crippen LogP contribution in [-0.2, 0) is 11.2 Å². The van der Waals surface area contributed by atoms with E-state index in [9.17, 15) is 4.79 Å². The van der Waals surface area contributed by atoms with Gasteiger partial charge in [0.25, 0.3) is 0 Å². The van der Waals surface area contributed by atoms with Crippen molar-refractivity contribution in [2.75, 3.05) is 13.2 Å². The van der Waals surface area contributed by atoms with Crippen molar-refractivity contribution in [1.82, 2.24) is 5.32 Å². The largest absolute Gasteiger partial charge is 0.489 e. The number of carbonyl (C=O) groups excluding carboxylic acids is 1. The van der Waals surface area contributed by atoms with E-state index >= 15 is 0 Å². The Hall–Kier alpha value is -2.49. The van der Waals surface area contributed by atoms with Crippen molar-refractivity contribution in [2.45, 2.75) is 40.2 Å². The van der Waals surface area contributed by atoms with Gasteiger partial charge in [-0.2, -0.15) is 0 Å². The fraction of sp³-hybridized carbons (Fsp3) is 0.409. The number of ether oxygens (including phenoxy) is 2. The SMILES string of the molecule is CC(=O)NC(C)Cc1ccc(-c2ccc3c(c2)OCC(C)(C)CO3)cc1. The molecule has 1 unspecified atom stereocenters. The summed E-state index contributed by atoms with van der Waals surface area (Å²) in [5, 5.41) is 2.91. The molecule has 0 spiro atoms. The number of rotatable bonds is 4. The van der Waals surface area contributed by atoms with Crippen LogP contribution in [0.3, 0.4) is 0 Å². The molecule has 0 radical (unpaired) electrons. The zero-order valence-electron chi connectivity index (χ0n) is 16.0. The zero-order valence-corrected chi connectivity index (χ0v) is 16.0. The second-order valence-corrected chi connectivity index (χ2v) is 7.91. The molecule has 0 bridgehead atoms. The summed E-state index contributed by atoms with van der Waals surface area (Å²) in [5.74, 6) is 1.61. The van der Waals surface area contributed by atoms with Crippen LogP contribution in [0.4, 0.5) is 0 Å². The first-order chi connectivity index (χ1) is 12.3. The highest BCUT2D eigenvalue weighted by atomic mass is 16.5. The fourth-order valence-corrected chi connectivity index (χ4v) is 3.09. The topological polar surface area (TPSA) is 47.6 Å². The van der Waals surface area contributed by atoms with E-state index in [1.165, 1.54) is 5.56 Å². The zero-order chi connectivity index (χ0) is 18.7. The maximum absolute atomic E-state index is 11.1. The van der Waals surface area contributed by atoms with Gasteiger partial charge in [0.2, 0.25) is 5.91 Å². The Labute approximate surface area is 155 Å². The number of amides is 1. The Balaban J connectivity index is 1.74. The van der Waals surface area contributed by atoms with Crippen LogP contribution in [0.15, 0.2) is 42.5 Å². The van der Waals surface area contributed by atoms with Crippen molar-refractivity contribution in [3.63, 3.8) is 0 Å². The summed E-state index contributed by atoms with van der Waals surface area (Å²) < 4.78 is 11.9. The van der Waals surface area contributed by atoms with Crippen LogP contribution in [0.2, 0.25) is 0 Å². The van der Waals surface area contributed by atoms with E-state index < -0.39 is 0 Å². The standard InChI is InChI=1S/C22H27NO3/c1-15(23-16(2)24)11-17-5-7-18(8-6-17)19-9-10-20-21(12-19)26-14-22(3,4)13-25-20/h5-10,12,15H,11,13-14H2,1-4H3,(H,23,24). The predicted octanol–water partition coefficient (Wildman–Crippen LogP) is 4.22. The van der Waals surface area contributed by atoms with Gasteiger partial charge in [-0.3, -0.25) is 4.79 Å². The minimum atomic E-state index is 0.00416. The molecule has 0 saturated carbocycles. The molecule has 3 rings (SSSR count). The first-order valence-electron chi connectivity index (χ1n) is 9.08. The minimum absolute atomic E-state index is 0.00416. The first-order valence-corrected chi connectivity index (χ1v) is 9.08. The van der Waals surface area contributed by atoms with Crippen molar-refractivity contribution in [3.05, 3.63) is 48.0 Å². The van der Waals surface area contributed by atoms with Gasteiger partial charge in [0.05, 0.1) is 13.2 Å². The number of hydrogen-bond acceptors (Lipinski definition) is 3. The number of benzene rings is 2. The quantitative estimate of drug-likeness (QED) is 0.895. The second-order valence-electron chi connectivity index (χ2n) is 7.91. The third kappa shape index (κ3) is 4.57. The molecule has 2 aromatic carbocycles. The van der Waals surface area contributed by atoms with Crippen LogP contribution < -0.4 is 14.8 Å². The molecular weight excluding hydrogens is 326 g/mol. The summed E-state index contributed by atoms with van der Waals surface area (Å²) >= 11 is 0. The molecule has 2 aromatic rings. The van der Waals surface area contributed by atoms with Gasteiger partial charge in [0.15, 0.2) is 11.5 Å². The summed E-state index contributed by atoms with van der Waals surface area (Å²) in [5.41, 5.74) is 3.45. The lowest BCUT2D eigenvalue weighted by molar-refractivity contribution is -0.119. The minimum Gasteiger partial charge on any atom is -0.489 e. The first kappa shape index (κ1) is 18.3. The van der Waals surface area contributed by atoms with Gasteiger partial charge in [-0.25, -0.2) is 0 Å². The lowest BCUT2D eigenvalue weighted by Gasteiger charge is -2.19. The molecule has 26 heavy (non-hydrogen) atoms. The van der Waals surface area contributed by atoms with Crippen molar-refractivity contribution in [1.29, 1.82) is 0 Å². The predicted molar refractivity (Wildman–Crippen MR) is 104 cm³/mol. The van der Waals surface area contributed by atoms with E-state index in [4.69, 9.17) is 9.47 Å². The third-order valence-corrected chi connectivity index (χ3v) is 4.46. The average molecular weight is 353 g/mol. The van der Waals surface area contributed by atoms with Gasteiger partial charge < -0.3 is 14.8 Å². The Bertz CT molecular complexity index is 780. The molecule has 0 aromatic heterocycles. The molecule has 4 nitrogen and oxygen atoms in total. The molecule has 0 fully saturated rings. The van der Waals surface area contributed by atoms with Crippen LogP contribution in [0, 0.1) is 5.41 Å². The number of fused-ring (bicyclic) bond motifs is 1. The summed E-state index contributed by atoms with van der Waals surface area (Å²) in [6, 6.07) is 14.7. The number of carbonyl (C=O) groups is 1. The van der Waals surface area contributed by atoms with Crippen molar-refractivity contribution >= 4 is 5.91 Å². The van der Waals surface area contributed by atoms with Crippen LogP contribution in [0.25, 0.3) is 11.1 Å². The molecule has 1 amide bonds. The van der Waals surface area contributed by atoms with Crippen LogP contribution in [0.1, 0.15) is 33.3 Å². The van der Waals surface area contributed by atoms with E-state index in [2.05, 4.69) is 49.5 Å². The summed E-state index contributed by atoms with van der Waals surface area (Å²) in [6.07, 6.45) is 0.816. The van der Waals surface area contributed by atoms with E-state index in [0.29, 0.717) is 13.2 Å². The molecule has 1 atom stereocenters. The third-order valence-electron chi connectivity index (χ3n) is 4.46. The Morgan fingerprint density at radius 2 is 1.65 bits per heavy atom. The van der Waals surface area contributed by atoms with Gasteiger partial charge >= 0.3 is 0 Å². The van der Waals surface area contributed by atoms with E-state index in [-0.39, 0.29) is 17.4 Å². The monoisotopic (exact) mass is 353 g/mol. The Kier molecular flexibility index (Phi) is 5.21. The lowest BCUT2D eigenvalue weighted by atomic mass is 9.97. The van der Waals surface area contributed by atoms with E-state index in [1.807, 2.05) is 19.1 Å². The normalized spacial score (nSPS) is 16.5. The van der Waals surface area contributed by atoms with Gasteiger partial charge in [-0.1, -0.05) is 44.2 Å². The Morgan fingerprint density at radius 3 is 2.31 bits per heavy atom. The van der Waals surface area contributed by atoms with Gasteiger partial charge in [0.1, 0.15) is 0 Å². The van der Waals surface area contributed by atoms with Crippen LogP contribution in [0.5, 0.6) is 11.5 Å². The molecule has 1 aliphatic heterocycles. The molecular formula is C22H27NO3. The molecule has 1 N–H and O–H groups in total. The molecule has 138 valence electrons. The van der Waals surface area contributed by atoms with Crippen molar-refractivity contribution in [2.24, 2.45) is 5.41 Å². The molecule has 4 heteroatoms. The average Bonchev–Trinajstić information content (AvgIpc) is 2.73. The molecule has 0 aliphatic carbocycles. The summed E-state index contributed by atoms with van der Waals surface area (Å²) in [7, 11) is 0. The second kappa shape index (κ2) is 7.40. The number of nitrogens with one attached hydrogen (secondary N) is 1. The summed E-state index contributed by atoms with van der Waals surface area (Å²) in [4.78, 5) is 11.1. The van der Waals surface area contributed by atoms with Gasteiger partial charge in [-0.15, -0.1) is 0 Å². The smallest absolute Gasteiger partial charge is 0.217 e. The lowest BCUT2D eigenvalue weighted by Crippen LogP contribution is -2.31. The van der Waals surface area contributed by atoms with Gasteiger partial charge in [0, 0.05) is 18.4 Å². The Morgan fingerprint density at radius 1 is 1.04 bits per heavy atom. The van der Waals surface area contributed by atoms with Crippen molar-refractivity contribution < 1.29 is 14.3 Å². The van der Waals surface area contributed by atoms with Crippen molar-refractivity contribution in [3.8, 4) is 22.6 Å². The maximum Gasteiger partial charge on any atom is 0.217 e. The maximum atomic E-state index is 11.1. The van der Waals surface area contributed by atoms with Gasteiger partial charge in [-0.05, 0) is 42.2 Å². The highest BCUT2D eigenvalue weighted by molar-refractivity contribution is 5.73. The van der Waals surface area contributed by atoms with Crippen LogP contribution in [-0.4, -0.2) is 25.2 Å². The molecule has 1 heterocycles. The highest BCUT2D eigenvalue weighted by Gasteiger charge is 2.25. The molecule has 0 saturated heterocycles. The van der Waals surface area contributed by atoms with Crippen LogP contribution >= 0.6 is 0 Å². The molecule has 1 aliphatic rings. The highest BCUT2D eigenvalue weighted by Crippen LogP contribution is 2.37. The van der Waals surface area contributed by atoms with E-state index in [0.717, 1.165) is 29.0 Å². The van der Waals surface area contributed by atoms with E-state index in [1.54, 1.807) is 6.92 Å². The number of hydrogen-bond donors (Lipinski definition) is 1.